The van der Waals surface area contributed by atoms with Crippen LogP contribution in [0.4, 0.5) is 8.78 Å². The summed E-state index contributed by atoms with van der Waals surface area (Å²) in [4.78, 5) is 81.2. The van der Waals surface area contributed by atoms with Gasteiger partial charge in [-0.15, -0.1) is 0 Å². The van der Waals surface area contributed by atoms with Crippen molar-refractivity contribution in [2.75, 3.05) is 53.5 Å². The minimum absolute atomic E-state index is 0.0477. The van der Waals surface area contributed by atoms with Crippen molar-refractivity contribution in [3.05, 3.63) is 77.1 Å². The Morgan fingerprint density at radius 1 is 1.01 bits per heavy atom. The molecule has 2 aromatic carbocycles. The minimum atomic E-state index is -2.86. The molecule has 1 unspecified atom stereocenters. The summed E-state index contributed by atoms with van der Waals surface area (Å²) >= 11 is 0. The number of methoxy groups -OCH3 is 1. The van der Waals surface area contributed by atoms with Gasteiger partial charge in [0.2, 0.25) is 11.8 Å². The number of fused-ring (bicyclic) bond motifs is 6. The number of carbonyl (C=O) groups is 5. The minimum Gasteiger partial charge on any atom is -0.464 e. The first kappa shape index (κ1) is 55.0. The Morgan fingerprint density at radius 2 is 1.77 bits per heavy atom. The van der Waals surface area contributed by atoms with E-state index < -0.39 is 65.1 Å². The molecule has 3 saturated heterocycles. The third kappa shape index (κ3) is 11.8. The molecule has 0 radical (unpaired) electrons. The molecule has 6 bridgehead atoms. The Morgan fingerprint density at radius 3 is 2.45 bits per heavy atom. The van der Waals surface area contributed by atoms with E-state index >= 15 is 8.78 Å². The number of hydrazine groups is 1. The molecule has 6 heterocycles. The zero-order valence-corrected chi connectivity index (χ0v) is 45.2. The first-order chi connectivity index (χ1) is 35.6. The van der Waals surface area contributed by atoms with Crippen LogP contribution >= 0.6 is 0 Å². The molecule has 15 nitrogen and oxygen atoms in total. The number of aryl methyl sites for hydroxylation is 1. The molecule has 4 aromatic rings. The van der Waals surface area contributed by atoms with E-state index in [0.29, 0.717) is 55.5 Å². The molecule has 0 spiro atoms. The van der Waals surface area contributed by atoms with E-state index in [2.05, 4.69) is 39.0 Å². The van der Waals surface area contributed by atoms with Crippen LogP contribution in [0.5, 0.6) is 0 Å². The quantitative estimate of drug-likeness (QED) is 0.114. The summed E-state index contributed by atoms with van der Waals surface area (Å²) in [6.45, 7) is 18.9. The Kier molecular flexibility index (Phi) is 16.5. The number of carbonyl (C=O) groups excluding carboxylic acids is 5. The van der Waals surface area contributed by atoms with Gasteiger partial charge in [0.25, 0.3) is 18.2 Å². The predicted octanol–water partition coefficient (Wildman–Crippen LogP) is 7.50. The molecule has 0 saturated carbocycles. The van der Waals surface area contributed by atoms with Crippen molar-refractivity contribution in [1.29, 1.82) is 0 Å². The average Bonchev–Trinajstić information content (AvgIpc) is 3.98. The van der Waals surface area contributed by atoms with E-state index in [0.717, 1.165) is 52.9 Å². The molecule has 4 amide bonds. The number of likely N-dealkylation sites (N-methyl/N-ethyl adjacent to an activating group) is 1. The highest BCUT2D eigenvalue weighted by Crippen LogP contribution is 2.42. The maximum Gasteiger partial charge on any atom is 0.324 e. The first-order valence-corrected chi connectivity index (χ1v) is 26.5. The Balaban J connectivity index is 1.15. The molecule has 402 valence electrons. The Labute approximate surface area is 440 Å². The topological polar surface area (TPSA) is 159 Å². The molecule has 4 aliphatic rings. The number of halogens is 2. The van der Waals surface area contributed by atoms with Crippen LogP contribution in [0, 0.1) is 29.1 Å². The van der Waals surface area contributed by atoms with Crippen molar-refractivity contribution in [3.63, 3.8) is 0 Å². The van der Waals surface area contributed by atoms with Gasteiger partial charge in [-0.2, -0.15) is 0 Å². The number of esters is 1. The number of nitrogens with zero attached hydrogens (tertiary/aromatic N) is 6. The van der Waals surface area contributed by atoms with Gasteiger partial charge in [-0.05, 0) is 124 Å². The third-order valence-corrected chi connectivity index (χ3v) is 15.6. The summed E-state index contributed by atoms with van der Waals surface area (Å²) in [7, 11) is 3.19. The van der Waals surface area contributed by atoms with Crippen molar-refractivity contribution in [1.82, 2.24) is 40.0 Å². The molecular formula is C58H74F2N8O7. The molecule has 4 aliphatic heterocycles. The van der Waals surface area contributed by atoms with Crippen LogP contribution in [0.2, 0.25) is 0 Å². The summed E-state index contributed by atoms with van der Waals surface area (Å²) < 4.78 is 44.3. The summed E-state index contributed by atoms with van der Waals surface area (Å²) in [5, 5.41) is 5.16. The van der Waals surface area contributed by atoms with Gasteiger partial charge < -0.3 is 29.2 Å². The van der Waals surface area contributed by atoms with Gasteiger partial charge in [-0.25, -0.2) is 14.2 Å². The molecular weight excluding hydrogens is 959 g/mol. The second-order valence-electron chi connectivity index (χ2n) is 22.4. The monoisotopic (exact) mass is 1030 g/mol. The number of likely N-dealkylation sites (tertiary alicyclic amines) is 2. The van der Waals surface area contributed by atoms with Crippen molar-refractivity contribution in [2.24, 2.45) is 17.3 Å². The number of ether oxygens (including phenoxy) is 2. The predicted molar refractivity (Wildman–Crippen MR) is 283 cm³/mol. The maximum atomic E-state index is 15.1. The molecule has 2 aromatic heterocycles. The van der Waals surface area contributed by atoms with E-state index in [4.69, 9.17) is 14.5 Å². The summed E-state index contributed by atoms with van der Waals surface area (Å²) in [5.74, 6) is 2.51. The molecule has 75 heavy (non-hydrogen) atoms. The Bertz CT molecular complexity index is 2880. The SMILES string of the molecule is CCn1c(-c2cccnc2[C@H](C)OC)c2c3cc(ccc31)-c1cc(cc(C(F)F)c1)C[C@H](NC(=O)[C@H](C(C)C)N(C)C(=O)C1CCN(C(=O)C#CC(C)(C)N3CCC3)C1)C(=O)N1CCC[C@H](N1)C(=O)OCC(C)(C)C2. The van der Waals surface area contributed by atoms with Gasteiger partial charge in [0.15, 0.2) is 0 Å². The van der Waals surface area contributed by atoms with Gasteiger partial charge >= 0.3 is 5.97 Å². The smallest absolute Gasteiger partial charge is 0.324 e. The highest BCUT2D eigenvalue weighted by Gasteiger charge is 2.41. The number of rotatable bonds is 11. The molecule has 3 fully saturated rings. The van der Waals surface area contributed by atoms with Gasteiger partial charge in [0.05, 0.1) is 35.6 Å². The van der Waals surface area contributed by atoms with Crippen LogP contribution < -0.4 is 10.7 Å². The number of pyridine rings is 1. The largest absolute Gasteiger partial charge is 0.464 e. The second-order valence-corrected chi connectivity index (χ2v) is 22.4. The van der Waals surface area contributed by atoms with Crippen molar-refractivity contribution < 1.29 is 42.2 Å². The fourth-order valence-corrected chi connectivity index (χ4v) is 11.2. The number of cyclic esters (lactones) is 1. The van der Waals surface area contributed by atoms with E-state index in [1.165, 1.54) is 22.0 Å². The number of amides is 4. The van der Waals surface area contributed by atoms with Gasteiger partial charge in [0, 0.05) is 93.5 Å². The van der Waals surface area contributed by atoms with Gasteiger partial charge in [-0.1, -0.05) is 51.8 Å². The lowest BCUT2D eigenvalue weighted by Gasteiger charge is -2.41. The highest BCUT2D eigenvalue weighted by atomic mass is 19.3. The van der Waals surface area contributed by atoms with Crippen molar-refractivity contribution >= 4 is 40.5 Å². The lowest BCUT2D eigenvalue weighted by Crippen LogP contribution is -2.62. The lowest BCUT2D eigenvalue weighted by atomic mass is 9.84. The van der Waals surface area contributed by atoms with Crippen LogP contribution in [0.25, 0.3) is 33.3 Å². The number of hydrogen-bond donors (Lipinski definition) is 2. The first-order valence-electron chi connectivity index (χ1n) is 26.5. The third-order valence-electron chi connectivity index (χ3n) is 15.6. The molecule has 17 heteroatoms. The average molecular weight is 1030 g/mol. The number of hydrogen-bond acceptors (Lipinski definition) is 10. The Hall–Kier alpha value is -6.22. The van der Waals surface area contributed by atoms with Crippen LogP contribution in [-0.2, 0) is 52.8 Å². The standard InChI is InChI=1S/C58H74F2N8O7/c1-11-67-47-18-17-38-31-43(47)44(51(67)42-15-12-22-61-49(42)36(4)74-10)32-57(5,6)34-75-56(73)45-16-13-25-68(63-45)55(72)46(29-37-27-40(38)30-41(28-37)52(59)60)62-53(70)50(35(2)3)64(9)54(71)39-20-26-65(33-39)48(69)19-21-58(7,8)66-23-14-24-66/h12,15,17-18,22,27-28,30-31,35-36,39,45-46,50,52,63H,11,13-14,16,20,23-26,29,32-34H2,1-10H3,(H,62,70)/t36-,39?,45-,46-,50-/m0/s1. The maximum absolute atomic E-state index is 15.1. The van der Waals surface area contributed by atoms with E-state index in [-0.39, 0.29) is 49.6 Å². The van der Waals surface area contributed by atoms with Crippen LogP contribution in [0.1, 0.15) is 116 Å². The molecule has 5 atom stereocenters. The van der Waals surface area contributed by atoms with Crippen molar-refractivity contribution in [3.8, 4) is 34.2 Å². The molecule has 2 N–H and O–H groups in total. The normalized spacial score (nSPS) is 21.2. The molecule has 0 aliphatic carbocycles. The number of aromatic nitrogens is 2. The molecule has 8 rings (SSSR count). The number of alkyl halides is 2. The second kappa shape index (κ2) is 22.5. The zero-order chi connectivity index (χ0) is 54.1. The van der Waals surface area contributed by atoms with Crippen LogP contribution in [0.3, 0.4) is 0 Å². The van der Waals surface area contributed by atoms with E-state index in [9.17, 15) is 24.0 Å². The summed E-state index contributed by atoms with van der Waals surface area (Å²) in [5.41, 5.74) is 7.77. The fourth-order valence-electron chi connectivity index (χ4n) is 11.2. The summed E-state index contributed by atoms with van der Waals surface area (Å²) in [6, 6.07) is 11.2. The lowest BCUT2D eigenvalue weighted by molar-refractivity contribution is -0.155. The summed E-state index contributed by atoms with van der Waals surface area (Å²) in [6.07, 6.45) is 1.13. The van der Waals surface area contributed by atoms with Crippen LogP contribution in [-0.4, -0.2) is 136 Å². The highest BCUT2D eigenvalue weighted by molar-refractivity contribution is 5.97. The van der Waals surface area contributed by atoms with E-state index in [1.54, 1.807) is 45.2 Å². The van der Waals surface area contributed by atoms with E-state index in [1.807, 2.05) is 65.0 Å². The van der Waals surface area contributed by atoms with Crippen LogP contribution in [0.15, 0.2) is 54.7 Å². The number of benzene rings is 2. The number of nitrogens with one attached hydrogen (secondary N) is 2. The zero-order valence-electron chi connectivity index (χ0n) is 45.2. The van der Waals surface area contributed by atoms with Crippen molar-refractivity contribution in [2.45, 2.75) is 137 Å². The fraction of sp³-hybridized carbons (Fsp3) is 0.552. The van der Waals surface area contributed by atoms with Gasteiger partial charge in [0.1, 0.15) is 18.1 Å². The van der Waals surface area contributed by atoms with Gasteiger partial charge in [-0.3, -0.25) is 38.9 Å².